The van der Waals surface area contributed by atoms with Gasteiger partial charge in [0.25, 0.3) is 11.6 Å². The van der Waals surface area contributed by atoms with Crippen LogP contribution in [0.1, 0.15) is 37.8 Å². The number of aromatic nitrogens is 3. The average Bonchev–Trinajstić information content (AvgIpc) is 3.54. The van der Waals surface area contributed by atoms with Crippen LogP contribution in [0.3, 0.4) is 0 Å². The van der Waals surface area contributed by atoms with Gasteiger partial charge >= 0.3 is 12.0 Å². The molecule has 1 aliphatic rings. The lowest BCUT2D eigenvalue weighted by Gasteiger charge is -2.33. The largest absolute Gasteiger partial charge is 0.480 e. The summed E-state index contributed by atoms with van der Waals surface area (Å²) in [6, 6.07) is 8.63. The first-order valence-electron chi connectivity index (χ1n) is 12.4. The number of amides is 1. The second-order valence-corrected chi connectivity index (χ2v) is 9.94. The number of hydrogen-bond acceptors (Lipinski definition) is 8. The zero-order valence-corrected chi connectivity index (χ0v) is 21.9. The van der Waals surface area contributed by atoms with Crippen molar-refractivity contribution in [2.24, 2.45) is 0 Å². The van der Waals surface area contributed by atoms with Gasteiger partial charge in [-0.2, -0.15) is 4.98 Å². The van der Waals surface area contributed by atoms with E-state index in [2.05, 4.69) is 15.0 Å². The van der Waals surface area contributed by atoms with Gasteiger partial charge in [0.1, 0.15) is 17.3 Å². The molecule has 11 heteroatoms. The molecule has 1 saturated heterocycles. The maximum absolute atomic E-state index is 13.9. The number of carboxylic acids is 1. The first-order chi connectivity index (χ1) is 18.5. The van der Waals surface area contributed by atoms with Crippen molar-refractivity contribution < 1.29 is 33.0 Å². The monoisotopic (exact) mass is 534 g/mol. The summed E-state index contributed by atoms with van der Waals surface area (Å²) in [4.78, 5) is 38.9. The molecule has 1 fully saturated rings. The van der Waals surface area contributed by atoms with E-state index in [1.807, 2.05) is 26.0 Å². The molecule has 10 nitrogen and oxygen atoms in total. The second kappa shape index (κ2) is 9.97. The summed E-state index contributed by atoms with van der Waals surface area (Å²) < 4.78 is 31.4. The van der Waals surface area contributed by atoms with Crippen molar-refractivity contribution in [2.75, 3.05) is 6.54 Å². The van der Waals surface area contributed by atoms with E-state index in [1.54, 1.807) is 26.0 Å². The lowest BCUT2D eigenvalue weighted by molar-refractivity contribution is -0.155. The van der Waals surface area contributed by atoms with Gasteiger partial charge in [0, 0.05) is 12.1 Å². The third-order valence-corrected chi connectivity index (χ3v) is 6.55. The van der Waals surface area contributed by atoms with Crippen molar-refractivity contribution >= 4 is 23.1 Å². The number of likely N-dealkylation sites (tertiary alicyclic amines) is 1. The van der Waals surface area contributed by atoms with Crippen molar-refractivity contribution in [1.82, 2.24) is 19.9 Å². The van der Waals surface area contributed by atoms with Crippen molar-refractivity contribution in [3.63, 3.8) is 0 Å². The number of benzene rings is 2. The minimum Gasteiger partial charge on any atom is -0.480 e. The number of carbonyl (C=O) groups excluding carboxylic acids is 1. The van der Waals surface area contributed by atoms with Gasteiger partial charge < -0.3 is 23.9 Å². The molecule has 3 heterocycles. The highest BCUT2D eigenvalue weighted by Crippen LogP contribution is 2.34. The number of ether oxygens (including phenoxy) is 2. The number of aryl methyl sites for hydroxylation is 2. The van der Waals surface area contributed by atoms with Crippen LogP contribution in [-0.4, -0.2) is 55.0 Å². The van der Waals surface area contributed by atoms with Gasteiger partial charge in [-0.1, -0.05) is 12.1 Å². The standard InChI is InChI=1S/C28H27FN4O6/c1-15-12-17(13-16(2)22(15)39-28(3,4)26(36)33-11-7-9-20(33)25(34)35)23-31-19-14-30-27(32-24(19)38-23)37-21-10-6-5-8-18(21)29/h5-6,8,10,12-14,20H,7,9,11H2,1-4H3,(H,34,35)/t20-/m0/s1. The van der Waals surface area contributed by atoms with Crippen LogP contribution in [-0.2, 0) is 9.59 Å². The Bertz CT molecular complexity index is 1560. The lowest BCUT2D eigenvalue weighted by Crippen LogP contribution is -2.52. The number of carboxylic acid groups (broad SMARTS) is 1. The molecule has 1 amide bonds. The van der Waals surface area contributed by atoms with E-state index in [1.165, 1.54) is 23.2 Å². The zero-order chi connectivity index (χ0) is 27.9. The SMILES string of the molecule is Cc1cc(-c2nc3cnc(Oc4ccccc4F)nc3o2)cc(C)c1OC(C)(C)C(=O)N1CCC[C@H]1C(=O)O. The van der Waals surface area contributed by atoms with E-state index in [0.29, 0.717) is 36.2 Å². The van der Waals surface area contributed by atoms with Crippen LogP contribution < -0.4 is 9.47 Å². The average molecular weight is 535 g/mol. The number of halogens is 1. The highest BCUT2D eigenvalue weighted by atomic mass is 19.1. The number of aliphatic carboxylic acids is 1. The molecule has 2 aromatic carbocycles. The fourth-order valence-corrected chi connectivity index (χ4v) is 4.66. The van der Waals surface area contributed by atoms with Crippen LogP contribution in [0.5, 0.6) is 17.5 Å². The minimum absolute atomic E-state index is 0.0111. The molecule has 0 aliphatic carbocycles. The van der Waals surface area contributed by atoms with Crippen LogP contribution >= 0.6 is 0 Å². The van der Waals surface area contributed by atoms with Gasteiger partial charge in [0.15, 0.2) is 17.2 Å². The van der Waals surface area contributed by atoms with Crippen molar-refractivity contribution in [3.8, 4) is 29.0 Å². The summed E-state index contributed by atoms with van der Waals surface area (Å²) in [6.07, 6.45) is 2.49. The van der Waals surface area contributed by atoms with Crippen molar-refractivity contribution in [3.05, 3.63) is 59.5 Å². The number of nitrogens with zero attached hydrogens (tertiary/aromatic N) is 4. The molecule has 0 spiro atoms. The van der Waals surface area contributed by atoms with Crippen LogP contribution in [0.25, 0.3) is 22.7 Å². The van der Waals surface area contributed by atoms with Crippen LogP contribution in [0.2, 0.25) is 0 Å². The molecule has 202 valence electrons. The summed E-state index contributed by atoms with van der Waals surface area (Å²) in [6.45, 7) is 7.34. The molecule has 0 bridgehead atoms. The topological polar surface area (TPSA) is 128 Å². The van der Waals surface area contributed by atoms with Gasteiger partial charge in [0.05, 0.1) is 6.20 Å². The van der Waals surface area contributed by atoms with Gasteiger partial charge in [0.2, 0.25) is 5.89 Å². The fourth-order valence-electron chi connectivity index (χ4n) is 4.66. The van der Waals surface area contributed by atoms with E-state index in [4.69, 9.17) is 13.9 Å². The highest BCUT2D eigenvalue weighted by molar-refractivity contribution is 5.89. The minimum atomic E-state index is -1.28. The number of para-hydroxylation sites is 1. The first-order valence-corrected chi connectivity index (χ1v) is 12.4. The van der Waals surface area contributed by atoms with Crippen molar-refractivity contribution in [1.29, 1.82) is 0 Å². The molecule has 0 saturated carbocycles. The predicted octanol–water partition coefficient (Wildman–Crippen LogP) is 5.07. The van der Waals surface area contributed by atoms with Gasteiger partial charge in [-0.05, 0) is 75.9 Å². The molecule has 1 N–H and O–H groups in total. The number of rotatable bonds is 7. The summed E-state index contributed by atoms with van der Waals surface area (Å²) in [5.41, 5.74) is 1.41. The molecule has 39 heavy (non-hydrogen) atoms. The Hall–Kier alpha value is -4.54. The van der Waals surface area contributed by atoms with E-state index in [9.17, 15) is 19.1 Å². The van der Waals surface area contributed by atoms with Gasteiger partial charge in [-0.15, -0.1) is 0 Å². The Morgan fingerprint density at radius 2 is 1.87 bits per heavy atom. The van der Waals surface area contributed by atoms with Crippen LogP contribution in [0, 0.1) is 19.7 Å². The Labute approximate surface area is 223 Å². The third-order valence-electron chi connectivity index (χ3n) is 6.55. The molecule has 4 aromatic rings. The smallest absolute Gasteiger partial charge is 0.326 e. The number of hydrogen-bond donors (Lipinski definition) is 1. The van der Waals surface area contributed by atoms with E-state index in [0.717, 1.165) is 11.1 Å². The third kappa shape index (κ3) is 5.12. The van der Waals surface area contributed by atoms with Crippen LogP contribution in [0.4, 0.5) is 4.39 Å². The van der Waals surface area contributed by atoms with Crippen molar-refractivity contribution in [2.45, 2.75) is 52.2 Å². The second-order valence-electron chi connectivity index (χ2n) is 9.94. The summed E-state index contributed by atoms with van der Waals surface area (Å²) in [5.74, 6) is -1.14. The Morgan fingerprint density at radius 1 is 1.15 bits per heavy atom. The first kappa shape index (κ1) is 26.1. The normalized spacial score (nSPS) is 15.5. The maximum Gasteiger partial charge on any atom is 0.326 e. The quantitative estimate of drug-likeness (QED) is 0.346. The predicted molar refractivity (Wildman–Crippen MR) is 138 cm³/mol. The molecule has 1 aliphatic heterocycles. The highest BCUT2D eigenvalue weighted by Gasteiger charge is 2.42. The van der Waals surface area contributed by atoms with Crippen LogP contribution in [0.15, 0.2) is 47.0 Å². The summed E-state index contributed by atoms with van der Waals surface area (Å²) >= 11 is 0. The summed E-state index contributed by atoms with van der Waals surface area (Å²) in [7, 11) is 0. The Balaban J connectivity index is 1.38. The molecular weight excluding hydrogens is 507 g/mol. The number of oxazole rings is 1. The van der Waals surface area contributed by atoms with Gasteiger partial charge in [-0.3, -0.25) is 4.79 Å². The molecule has 0 unspecified atom stereocenters. The number of fused-ring (bicyclic) bond motifs is 1. The number of carbonyl (C=O) groups is 2. The summed E-state index contributed by atoms with van der Waals surface area (Å²) in [5, 5.41) is 9.48. The fraction of sp³-hybridized carbons (Fsp3) is 0.321. The maximum atomic E-state index is 13.9. The Kier molecular flexibility index (Phi) is 6.67. The molecular formula is C28H27FN4O6. The lowest BCUT2D eigenvalue weighted by atomic mass is 10.0. The van der Waals surface area contributed by atoms with E-state index in [-0.39, 0.29) is 29.3 Å². The molecule has 5 rings (SSSR count). The molecule has 2 aromatic heterocycles. The zero-order valence-electron chi connectivity index (χ0n) is 21.9. The van der Waals surface area contributed by atoms with E-state index >= 15 is 0 Å². The Morgan fingerprint density at radius 3 is 2.56 bits per heavy atom. The molecule has 1 atom stereocenters. The van der Waals surface area contributed by atoms with Gasteiger partial charge in [-0.25, -0.2) is 19.2 Å². The van der Waals surface area contributed by atoms with E-state index < -0.39 is 23.4 Å². The molecule has 0 radical (unpaired) electrons.